The Hall–Kier alpha value is -2.68. The van der Waals surface area contributed by atoms with Gasteiger partial charge in [0, 0.05) is 33.8 Å². The Morgan fingerprint density at radius 3 is 1.73 bits per heavy atom. The monoisotopic (exact) mass is 524 g/mol. The van der Waals surface area contributed by atoms with Gasteiger partial charge in [-0.2, -0.15) is 0 Å². The third-order valence-electron chi connectivity index (χ3n) is 13.2. The second-order valence-electron chi connectivity index (χ2n) is 14.8. The van der Waals surface area contributed by atoms with E-state index in [2.05, 4.69) is 64.4 Å². The highest BCUT2D eigenvalue weighted by Crippen LogP contribution is 2.57. The fourth-order valence-electron chi connectivity index (χ4n) is 11.2. The molecule has 0 spiro atoms. The zero-order chi connectivity index (χ0) is 26.1. The molecule has 2 aliphatic heterocycles. The van der Waals surface area contributed by atoms with Crippen molar-refractivity contribution in [2.75, 3.05) is 9.80 Å². The lowest BCUT2D eigenvalue weighted by Crippen LogP contribution is -2.68. The van der Waals surface area contributed by atoms with Gasteiger partial charge in [-0.1, -0.05) is 36.4 Å². The number of hydrogen-bond acceptors (Lipinski definition) is 2. The second-order valence-corrected chi connectivity index (χ2v) is 14.8. The third kappa shape index (κ3) is 2.83. The molecule has 3 aromatic rings. The molecule has 2 heterocycles. The summed E-state index contributed by atoms with van der Waals surface area (Å²) in [5.74, 6) is 1.96. The van der Waals surface area contributed by atoms with E-state index in [1.54, 1.807) is 38.9 Å². The summed E-state index contributed by atoms with van der Waals surface area (Å²) in [5, 5.41) is 0. The highest BCUT2D eigenvalue weighted by atomic mass is 15.3. The van der Waals surface area contributed by atoms with Crippen LogP contribution in [0.2, 0.25) is 0 Å². The summed E-state index contributed by atoms with van der Waals surface area (Å²) in [6.45, 7) is 0.350. The van der Waals surface area contributed by atoms with Crippen molar-refractivity contribution in [1.82, 2.24) is 0 Å². The molecular formula is C37H41BN2. The lowest BCUT2D eigenvalue weighted by atomic mass is 9.33. The van der Waals surface area contributed by atoms with Gasteiger partial charge in [0.1, 0.15) is 0 Å². The molecule has 0 aromatic heterocycles. The van der Waals surface area contributed by atoms with Crippen molar-refractivity contribution in [3.63, 3.8) is 0 Å². The Bertz CT molecular complexity index is 1500. The highest BCUT2D eigenvalue weighted by molar-refractivity contribution is 7.00. The van der Waals surface area contributed by atoms with Gasteiger partial charge >= 0.3 is 0 Å². The first kappa shape index (κ1) is 22.9. The average molecular weight is 525 g/mol. The lowest BCUT2D eigenvalue weighted by molar-refractivity contribution is 0.140. The zero-order valence-electron chi connectivity index (χ0n) is 23.9. The Morgan fingerprint density at radius 2 is 1.12 bits per heavy atom. The average Bonchev–Trinajstić information content (AvgIpc) is 3.51. The molecule has 0 amide bonds. The predicted octanol–water partition coefficient (Wildman–Crippen LogP) is 7.04. The quantitative estimate of drug-likeness (QED) is 0.332. The van der Waals surface area contributed by atoms with E-state index in [1.807, 2.05) is 0 Å². The fourth-order valence-corrected chi connectivity index (χ4v) is 11.2. The van der Waals surface area contributed by atoms with E-state index in [-0.39, 0.29) is 0 Å². The summed E-state index contributed by atoms with van der Waals surface area (Å²) in [6.07, 6.45) is 20.6. The SMILES string of the molecule is c1ccc2c(c1)B1c3ccccc3N(C34CCC(CC3)CC4)c3c4c(cc(c31)N2C12CCC(CC1)CC2)CCC4. The minimum atomic E-state index is 0.291. The van der Waals surface area contributed by atoms with Crippen LogP contribution in [-0.4, -0.2) is 17.8 Å². The summed E-state index contributed by atoms with van der Waals surface area (Å²) in [6, 6.07) is 22.0. The molecule has 202 valence electrons. The van der Waals surface area contributed by atoms with Crippen LogP contribution in [0.3, 0.4) is 0 Å². The van der Waals surface area contributed by atoms with Crippen molar-refractivity contribution in [1.29, 1.82) is 0 Å². The van der Waals surface area contributed by atoms with Crippen LogP contribution in [0, 0.1) is 11.8 Å². The normalized spacial score (nSPS) is 32.5. The maximum atomic E-state index is 3.01. The largest absolute Gasteiger partial charge is 0.336 e. The van der Waals surface area contributed by atoms with Gasteiger partial charge in [0.25, 0.3) is 6.71 Å². The Labute approximate surface area is 240 Å². The van der Waals surface area contributed by atoms with E-state index in [0.29, 0.717) is 17.8 Å². The molecule has 4 bridgehead atoms. The molecule has 3 heteroatoms. The first-order valence-electron chi connectivity index (χ1n) is 16.7. The van der Waals surface area contributed by atoms with Crippen molar-refractivity contribution in [3.05, 3.63) is 65.7 Å². The van der Waals surface area contributed by atoms with Gasteiger partial charge in [-0.15, -0.1) is 0 Å². The first-order chi connectivity index (χ1) is 19.7. The molecule has 2 nitrogen and oxygen atoms in total. The van der Waals surface area contributed by atoms with Crippen LogP contribution in [0.5, 0.6) is 0 Å². The van der Waals surface area contributed by atoms with Crippen LogP contribution in [0.15, 0.2) is 54.6 Å². The fraction of sp³-hybridized carbons (Fsp3) is 0.514. The zero-order valence-corrected chi connectivity index (χ0v) is 23.9. The summed E-state index contributed by atoms with van der Waals surface area (Å²) >= 11 is 0. The molecule has 0 N–H and O–H groups in total. The number of anilines is 4. The molecule has 40 heavy (non-hydrogen) atoms. The van der Waals surface area contributed by atoms with Gasteiger partial charge in [-0.3, -0.25) is 0 Å². The molecule has 9 aliphatic rings. The lowest BCUT2D eigenvalue weighted by Gasteiger charge is -2.59. The number of hydrogen-bond donors (Lipinski definition) is 0. The minimum Gasteiger partial charge on any atom is -0.336 e. The van der Waals surface area contributed by atoms with Crippen LogP contribution in [0.4, 0.5) is 22.7 Å². The van der Waals surface area contributed by atoms with E-state index in [0.717, 1.165) is 11.8 Å². The van der Waals surface area contributed by atoms with Crippen molar-refractivity contribution < 1.29 is 0 Å². The summed E-state index contributed by atoms with van der Waals surface area (Å²) in [4.78, 5) is 5.98. The summed E-state index contributed by atoms with van der Waals surface area (Å²) in [5.41, 5.74) is 15.1. The summed E-state index contributed by atoms with van der Waals surface area (Å²) < 4.78 is 0. The van der Waals surface area contributed by atoms with Crippen molar-refractivity contribution in [2.24, 2.45) is 11.8 Å². The molecule has 0 atom stereocenters. The topological polar surface area (TPSA) is 6.48 Å². The molecule has 3 aromatic carbocycles. The Kier molecular flexibility index (Phi) is 4.58. The van der Waals surface area contributed by atoms with Gasteiger partial charge in [0.2, 0.25) is 0 Å². The van der Waals surface area contributed by atoms with Crippen LogP contribution in [0.25, 0.3) is 0 Å². The molecule has 0 saturated heterocycles. The number of aryl methyl sites for hydroxylation is 1. The maximum absolute atomic E-state index is 3.01. The van der Waals surface area contributed by atoms with Crippen LogP contribution in [0.1, 0.15) is 94.6 Å². The Balaban J connectivity index is 1.30. The number of fused-ring (bicyclic) bond motifs is 12. The van der Waals surface area contributed by atoms with E-state index >= 15 is 0 Å². The highest BCUT2D eigenvalue weighted by Gasteiger charge is 2.54. The van der Waals surface area contributed by atoms with Crippen LogP contribution >= 0.6 is 0 Å². The van der Waals surface area contributed by atoms with Crippen molar-refractivity contribution >= 4 is 45.9 Å². The molecule has 12 rings (SSSR count). The Morgan fingerprint density at radius 1 is 0.600 bits per heavy atom. The molecule has 0 unspecified atom stereocenters. The maximum Gasteiger partial charge on any atom is 0.252 e. The van der Waals surface area contributed by atoms with Crippen LogP contribution in [-0.2, 0) is 12.8 Å². The van der Waals surface area contributed by atoms with Crippen molar-refractivity contribution in [3.8, 4) is 0 Å². The van der Waals surface area contributed by atoms with Gasteiger partial charge in [-0.05, 0) is 154 Å². The van der Waals surface area contributed by atoms with Crippen molar-refractivity contribution in [2.45, 2.75) is 107 Å². The van der Waals surface area contributed by atoms with E-state index < -0.39 is 0 Å². The van der Waals surface area contributed by atoms with E-state index in [4.69, 9.17) is 0 Å². The molecule has 6 saturated carbocycles. The van der Waals surface area contributed by atoms with Gasteiger partial charge in [0.15, 0.2) is 0 Å². The number of rotatable bonds is 2. The minimum absolute atomic E-state index is 0.291. The third-order valence-corrected chi connectivity index (χ3v) is 13.2. The predicted molar refractivity (Wildman–Crippen MR) is 168 cm³/mol. The molecular weight excluding hydrogens is 483 g/mol. The van der Waals surface area contributed by atoms with Gasteiger partial charge in [-0.25, -0.2) is 0 Å². The standard InChI is InChI=1S/C37H41BN2/c1-3-10-31-29(8-1)38-30-9-2-4-11-32(30)40(37-21-15-26(16-22-37)17-23-37)35-28-7-5-6-27(28)24-33(34(35)38)39(31)36-18-12-25(13-19-36)14-20-36/h1-4,8-11,24-26H,5-7,12-23H2. The molecule has 0 radical (unpaired) electrons. The smallest absolute Gasteiger partial charge is 0.252 e. The number of benzene rings is 3. The molecule has 6 fully saturated rings. The van der Waals surface area contributed by atoms with E-state index in [1.165, 1.54) is 108 Å². The van der Waals surface area contributed by atoms with Gasteiger partial charge in [0.05, 0.1) is 0 Å². The second kappa shape index (κ2) is 7.99. The van der Waals surface area contributed by atoms with Crippen LogP contribution < -0.4 is 26.2 Å². The number of para-hydroxylation sites is 2. The summed E-state index contributed by atoms with van der Waals surface area (Å²) in [7, 11) is 0. The first-order valence-corrected chi connectivity index (χ1v) is 16.7. The number of nitrogens with zero attached hydrogens (tertiary/aromatic N) is 2. The van der Waals surface area contributed by atoms with E-state index in [9.17, 15) is 0 Å². The molecule has 7 aliphatic carbocycles. The van der Waals surface area contributed by atoms with Gasteiger partial charge < -0.3 is 9.80 Å².